The Bertz CT molecular complexity index is 680. The lowest BCUT2D eigenvalue weighted by atomic mass is 10.1. The zero-order chi connectivity index (χ0) is 15.5. The Kier molecular flexibility index (Phi) is 4.52. The van der Waals surface area contributed by atoms with Crippen molar-refractivity contribution >= 4 is 21.6 Å². The van der Waals surface area contributed by atoms with Gasteiger partial charge < -0.3 is 10.4 Å². The molecule has 0 saturated heterocycles. The van der Waals surface area contributed by atoms with E-state index in [0.717, 1.165) is 19.3 Å². The molecule has 114 valence electrons. The number of amides is 1. The summed E-state index contributed by atoms with van der Waals surface area (Å²) in [7, 11) is -2.21. The van der Waals surface area contributed by atoms with E-state index in [2.05, 4.69) is 10.0 Å². The molecule has 2 rings (SSSR count). The molecule has 1 aliphatic carbocycles. The van der Waals surface area contributed by atoms with Gasteiger partial charge in [0.15, 0.2) is 0 Å². The Morgan fingerprint density at radius 3 is 2.67 bits per heavy atom. The van der Waals surface area contributed by atoms with Crippen molar-refractivity contribution in [3.8, 4) is 5.75 Å². The molecule has 0 aromatic heterocycles. The van der Waals surface area contributed by atoms with Gasteiger partial charge in [-0.3, -0.25) is 9.52 Å². The third-order valence-corrected chi connectivity index (χ3v) is 4.87. The molecule has 1 aromatic carbocycles. The van der Waals surface area contributed by atoms with Gasteiger partial charge in [0.2, 0.25) is 0 Å². The van der Waals surface area contributed by atoms with Crippen LogP contribution >= 0.6 is 0 Å². The minimum Gasteiger partial charge on any atom is -0.506 e. The zero-order valence-corrected chi connectivity index (χ0v) is 12.5. The van der Waals surface area contributed by atoms with E-state index in [1.807, 2.05) is 0 Å². The molecule has 21 heavy (non-hydrogen) atoms. The molecule has 1 amide bonds. The molecule has 0 heterocycles. The zero-order valence-electron chi connectivity index (χ0n) is 11.7. The van der Waals surface area contributed by atoms with Crippen LogP contribution in [-0.2, 0) is 10.0 Å². The summed E-state index contributed by atoms with van der Waals surface area (Å²) in [5, 5.41) is 12.2. The van der Waals surface area contributed by atoms with E-state index >= 15 is 0 Å². The Morgan fingerprint density at radius 2 is 2.05 bits per heavy atom. The van der Waals surface area contributed by atoms with Crippen LogP contribution in [0.4, 0.5) is 5.69 Å². The maximum atomic E-state index is 12.3. The third kappa shape index (κ3) is 3.55. The summed E-state index contributed by atoms with van der Waals surface area (Å²) in [6, 6.07) is 4.03. The smallest absolute Gasteiger partial charge is 0.257 e. The molecular formula is C14H18N2O4S. The van der Waals surface area contributed by atoms with Crippen LogP contribution in [0.2, 0.25) is 0 Å². The summed E-state index contributed by atoms with van der Waals surface area (Å²) in [5.74, 6) is -0.574. The first-order valence-electron chi connectivity index (χ1n) is 6.71. The molecule has 0 fully saturated rings. The van der Waals surface area contributed by atoms with Gasteiger partial charge in [0.25, 0.3) is 15.9 Å². The molecule has 0 radical (unpaired) electrons. The normalized spacial score (nSPS) is 15.2. The Balaban J connectivity index is 2.30. The predicted molar refractivity (Wildman–Crippen MR) is 80.6 cm³/mol. The van der Waals surface area contributed by atoms with Gasteiger partial charge >= 0.3 is 0 Å². The van der Waals surface area contributed by atoms with Gasteiger partial charge in [0, 0.05) is 12.6 Å². The van der Waals surface area contributed by atoms with Crippen molar-refractivity contribution in [3.63, 3.8) is 0 Å². The van der Waals surface area contributed by atoms with Crippen molar-refractivity contribution in [1.29, 1.82) is 0 Å². The lowest BCUT2D eigenvalue weighted by molar-refractivity contribution is 0.0963. The van der Waals surface area contributed by atoms with Gasteiger partial charge in [-0.15, -0.1) is 0 Å². The molecular weight excluding hydrogens is 292 g/mol. The largest absolute Gasteiger partial charge is 0.506 e. The number of allylic oxidation sites excluding steroid dienone is 2. The van der Waals surface area contributed by atoms with Gasteiger partial charge in [-0.1, -0.05) is 6.08 Å². The number of rotatable bonds is 4. The molecule has 6 nitrogen and oxygen atoms in total. The topological polar surface area (TPSA) is 95.5 Å². The first-order valence-corrected chi connectivity index (χ1v) is 8.19. The number of hydrogen-bond acceptors (Lipinski definition) is 4. The molecule has 1 aliphatic rings. The van der Waals surface area contributed by atoms with E-state index in [0.29, 0.717) is 11.3 Å². The second kappa shape index (κ2) is 6.17. The SMILES string of the molecule is CNC(=O)c1ccc(O)c(NS(=O)(=O)C2=CCCCC2)c1. The van der Waals surface area contributed by atoms with Crippen LogP contribution in [0.1, 0.15) is 36.0 Å². The molecule has 0 atom stereocenters. The number of hydrogen-bond donors (Lipinski definition) is 3. The molecule has 0 spiro atoms. The van der Waals surface area contributed by atoms with Crippen molar-refractivity contribution in [2.24, 2.45) is 0 Å². The van der Waals surface area contributed by atoms with Crippen molar-refractivity contribution < 1.29 is 18.3 Å². The minimum absolute atomic E-state index is 0.00238. The quantitative estimate of drug-likeness (QED) is 0.741. The fourth-order valence-corrected chi connectivity index (χ4v) is 3.50. The number of benzene rings is 1. The number of nitrogens with one attached hydrogen (secondary N) is 2. The molecule has 0 bridgehead atoms. The fourth-order valence-electron chi connectivity index (χ4n) is 2.17. The predicted octanol–water partition coefficient (Wildman–Crippen LogP) is 1.95. The molecule has 7 heteroatoms. The molecule has 1 aromatic rings. The highest BCUT2D eigenvalue weighted by molar-refractivity contribution is 7.96. The average molecular weight is 310 g/mol. The van der Waals surface area contributed by atoms with Crippen LogP contribution in [0.15, 0.2) is 29.2 Å². The third-order valence-electron chi connectivity index (χ3n) is 3.32. The number of aromatic hydroxyl groups is 1. The molecule has 0 aliphatic heterocycles. The lowest BCUT2D eigenvalue weighted by Crippen LogP contribution is -2.19. The summed E-state index contributed by atoms with van der Waals surface area (Å²) >= 11 is 0. The van der Waals surface area contributed by atoms with Crippen LogP contribution in [-0.4, -0.2) is 26.5 Å². The highest BCUT2D eigenvalue weighted by Crippen LogP contribution is 2.29. The second-order valence-electron chi connectivity index (χ2n) is 4.83. The van der Waals surface area contributed by atoms with Crippen LogP contribution in [0.3, 0.4) is 0 Å². The number of carbonyl (C=O) groups excluding carboxylic acids is 1. The standard InChI is InChI=1S/C14H18N2O4S/c1-15-14(18)10-7-8-13(17)12(9-10)16-21(19,20)11-5-3-2-4-6-11/h5,7-9,16-17H,2-4,6H2,1H3,(H,15,18). The van der Waals surface area contributed by atoms with Gasteiger partial charge in [-0.05, 0) is 43.9 Å². The minimum atomic E-state index is -3.69. The number of sulfonamides is 1. The van der Waals surface area contributed by atoms with Gasteiger partial charge in [-0.25, -0.2) is 8.42 Å². The first-order chi connectivity index (χ1) is 9.94. The van der Waals surface area contributed by atoms with E-state index in [1.54, 1.807) is 6.08 Å². The number of phenolic OH excluding ortho intramolecular Hbond substituents is 1. The number of anilines is 1. The van der Waals surface area contributed by atoms with Crippen LogP contribution < -0.4 is 10.0 Å². The number of phenols is 1. The van der Waals surface area contributed by atoms with Gasteiger partial charge in [0.1, 0.15) is 5.75 Å². The van der Waals surface area contributed by atoms with Crippen molar-refractivity contribution in [2.45, 2.75) is 25.7 Å². The molecule has 0 unspecified atom stereocenters. The fraction of sp³-hybridized carbons (Fsp3) is 0.357. The molecule has 0 saturated carbocycles. The second-order valence-corrected chi connectivity index (χ2v) is 6.57. The van der Waals surface area contributed by atoms with Crippen LogP contribution in [0.5, 0.6) is 5.75 Å². The van der Waals surface area contributed by atoms with Gasteiger partial charge in [-0.2, -0.15) is 0 Å². The lowest BCUT2D eigenvalue weighted by Gasteiger charge is -2.15. The van der Waals surface area contributed by atoms with Crippen molar-refractivity contribution in [2.75, 3.05) is 11.8 Å². The van der Waals surface area contributed by atoms with E-state index in [1.165, 1.54) is 25.2 Å². The van der Waals surface area contributed by atoms with Crippen molar-refractivity contribution in [1.82, 2.24) is 5.32 Å². The van der Waals surface area contributed by atoms with E-state index in [-0.39, 0.29) is 22.9 Å². The molecule has 3 N–H and O–H groups in total. The Hall–Kier alpha value is -2.02. The maximum absolute atomic E-state index is 12.3. The maximum Gasteiger partial charge on any atom is 0.257 e. The Morgan fingerprint density at radius 1 is 1.29 bits per heavy atom. The average Bonchev–Trinajstić information content (AvgIpc) is 2.49. The highest BCUT2D eigenvalue weighted by atomic mass is 32.2. The van der Waals surface area contributed by atoms with Crippen molar-refractivity contribution in [3.05, 3.63) is 34.7 Å². The van der Waals surface area contributed by atoms with Crippen LogP contribution in [0.25, 0.3) is 0 Å². The highest BCUT2D eigenvalue weighted by Gasteiger charge is 2.21. The summed E-state index contributed by atoms with van der Waals surface area (Å²) in [6.45, 7) is 0. The summed E-state index contributed by atoms with van der Waals surface area (Å²) in [4.78, 5) is 11.9. The van der Waals surface area contributed by atoms with E-state index in [4.69, 9.17) is 0 Å². The van der Waals surface area contributed by atoms with E-state index < -0.39 is 10.0 Å². The van der Waals surface area contributed by atoms with Gasteiger partial charge in [0.05, 0.1) is 10.6 Å². The Labute approximate surface area is 123 Å². The monoisotopic (exact) mass is 310 g/mol. The first kappa shape index (κ1) is 15.4. The van der Waals surface area contributed by atoms with Crippen LogP contribution in [0, 0.1) is 0 Å². The van der Waals surface area contributed by atoms with E-state index in [9.17, 15) is 18.3 Å². The number of carbonyl (C=O) groups is 1. The summed E-state index contributed by atoms with van der Waals surface area (Å²) in [5.41, 5.74) is 0.271. The summed E-state index contributed by atoms with van der Waals surface area (Å²) in [6.07, 6.45) is 4.74. The summed E-state index contributed by atoms with van der Waals surface area (Å²) < 4.78 is 26.9.